The van der Waals surface area contributed by atoms with Gasteiger partial charge >= 0.3 is 5.69 Å². The number of pyridine rings is 1. The summed E-state index contributed by atoms with van der Waals surface area (Å²) >= 11 is 0. The Morgan fingerprint density at radius 1 is 1.47 bits per heavy atom. The van der Waals surface area contributed by atoms with E-state index in [0.29, 0.717) is 11.6 Å². The summed E-state index contributed by atoms with van der Waals surface area (Å²) in [5.74, 6) is 0.516. The van der Waals surface area contributed by atoms with Crippen LogP contribution >= 0.6 is 0 Å². The van der Waals surface area contributed by atoms with Gasteiger partial charge in [0.25, 0.3) is 0 Å². The summed E-state index contributed by atoms with van der Waals surface area (Å²) in [6.07, 6.45) is 4.96. The van der Waals surface area contributed by atoms with Gasteiger partial charge in [-0.3, -0.25) is 15.1 Å². The summed E-state index contributed by atoms with van der Waals surface area (Å²) in [5.41, 5.74) is 0.578. The predicted octanol–water partition coefficient (Wildman–Crippen LogP) is 3.23. The van der Waals surface area contributed by atoms with Crippen molar-refractivity contribution in [2.45, 2.75) is 39.7 Å². The van der Waals surface area contributed by atoms with Crippen molar-refractivity contribution in [1.82, 2.24) is 4.98 Å². The Hall–Kier alpha value is -1.65. The molecule has 0 saturated carbocycles. The van der Waals surface area contributed by atoms with Gasteiger partial charge in [-0.05, 0) is 18.9 Å². The number of aromatic nitrogens is 1. The molecule has 0 bridgehead atoms. The first kappa shape index (κ1) is 13.4. The second kappa shape index (κ2) is 6.18. The molecule has 1 atom stereocenters. The van der Waals surface area contributed by atoms with Crippen molar-refractivity contribution in [3.05, 3.63) is 28.6 Å². The van der Waals surface area contributed by atoms with Crippen LogP contribution in [0.25, 0.3) is 0 Å². The lowest BCUT2D eigenvalue weighted by atomic mass is 9.95. The van der Waals surface area contributed by atoms with Gasteiger partial charge in [-0.2, -0.15) is 0 Å². The molecule has 1 heterocycles. The minimum atomic E-state index is -0.408. The van der Waals surface area contributed by atoms with Gasteiger partial charge < -0.3 is 5.32 Å². The van der Waals surface area contributed by atoms with Gasteiger partial charge in [-0.1, -0.05) is 26.7 Å². The van der Waals surface area contributed by atoms with E-state index < -0.39 is 4.92 Å². The molecule has 5 heteroatoms. The molecule has 17 heavy (non-hydrogen) atoms. The van der Waals surface area contributed by atoms with Gasteiger partial charge in [-0.25, -0.2) is 0 Å². The number of anilines is 1. The average Bonchev–Trinajstić information content (AvgIpc) is 2.31. The largest absolute Gasteiger partial charge is 0.377 e. The summed E-state index contributed by atoms with van der Waals surface area (Å²) in [5, 5.41) is 14.0. The van der Waals surface area contributed by atoms with Crippen molar-refractivity contribution in [2.24, 2.45) is 5.92 Å². The molecule has 0 aliphatic carbocycles. The third-order valence-electron chi connectivity index (χ3n) is 3.14. The molecule has 94 valence electrons. The fourth-order valence-corrected chi connectivity index (χ4v) is 2.01. The minimum absolute atomic E-state index is 0.0327. The molecule has 1 N–H and O–H groups in total. The summed E-state index contributed by atoms with van der Waals surface area (Å²) in [7, 11) is 0. The van der Waals surface area contributed by atoms with Crippen molar-refractivity contribution in [2.75, 3.05) is 5.32 Å². The fourth-order valence-electron chi connectivity index (χ4n) is 2.01. The molecule has 0 amide bonds. The standard InChI is InChI=1S/C12H19N3O2/c1-4-10(5-2)9(3)14-11-6-7-13-8-12(11)15(16)17/h6-10H,4-5H2,1-3H3,(H,13,14). The van der Waals surface area contributed by atoms with Crippen LogP contribution in [0.1, 0.15) is 33.6 Å². The van der Waals surface area contributed by atoms with Crippen LogP contribution in [-0.4, -0.2) is 15.9 Å². The number of hydrogen-bond donors (Lipinski definition) is 1. The maximum atomic E-state index is 10.8. The van der Waals surface area contributed by atoms with Crippen LogP contribution in [0.4, 0.5) is 11.4 Å². The summed E-state index contributed by atoms with van der Waals surface area (Å²) < 4.78 is 0. The van der Waals surface area contributed by atoms with E-state index in [0.717, 1.165) is 12.8 Å². The van der Waals surface area contributed by atoms with Crippen LogP contribution < -0.4 is 5.32 Å². The molecule has 0 aliphatic rings. The highest BCUT2D eigenvalue weighted by molar-refractivity contribution is 5.60. The monoisotopic (exact) mass is 237 g/mol. The van der Waals surface area contributed by atoms with Crippen LogP contribution in [0.5, 0.6) is 0 Å². The number of rotatable bonds is 6. The fraction of sp³-hybridized carbons (Fsp3) is 0.583. The molecule has 5 nitrogen and oxygen atoms in total. The van der Waals surface area contributed by atoms with E-state index in [1.165, 1.54) is 6.20 Å². The van der Waals surface area contributed by atoms with E-state index in [4.69, 9.17) is 0 Å². The predicted molar refractivity (Wildman–Crippen MR) is 68.0 cm³/mol. The van der Waals surface area contributed by atoms with E-state index in [1.54, 1.807) is 12.3 Å². The smallest absolute Gasteiger partial charge is 0.310 e. The maximum absolute atomic E-state index is 10.8. The third kappa shape index (κ3) is 3.41. The van der Waals surface area contributed by atoms with Crippen LogP contribution in [0.2, 0.25) is 0 Å². The summed E-state index contributed by atoms with van der Waals surface area (Å²) in [6, 6.07) is 1.86. The van der Waals surface area contributed by atoms with Gasteiger partial charge in [0.15, 0.2) is 0 Å². The summed E-state index contributed by atoms with van der Waals surface area (Å²) in [4.78, 5) is 14.2. The quantitative estimate of drug-likeness (QED) is 0.609. The van der Waals surface area contributed by atoms with E-state index in [-0.39, 0.29) is 11.7 Å². The zero-order chi connectivity index (χ0) is 12.8. The second-order valence-corrected chi connectivity index (χ2v) is 4.16. The zero-order valence-corrected chi connectivity index (χ0v) is 10.5. The first-order chi connectivity index (χ1) is 8.10. The minimum Gasteiger partial charge on any atom is -0.377 e. The Kier molecular flexibility index (Phi) is 4.87. The Morgan fingerprint density at radius 2 is 2.12 bits per heavy atom. The summed E-state index contributed by atoms with van der Waals surface area (Å²) in [6.45, 7) is 6.32. The molecular formula is C12H19N3O2. The van der Waals surface area contributed by atoms with Gasteiger partial charge in [0.1, 0.15) is 11.9 Å². The second-order valence-electron chi connectivity index (χ2n) is 4.16. The van der Waals surface area contributed by atoms with Crippen molar-refractivity contribution in [1.29, 1.82) is 0 Å². The Balaban J connectivity index is 2.84. The van der Waals surface area contributed by atoms with Crippen molar-refractivity contribution < 1.29 is 4.92 Å². The first-order valence-electron chi connectivity index (χ1n) is 5.95. The SMILES string of the molecule is CCC(CC)C(C)Nc1ccncc1[N+](=O)[O-]. The average molecular weight is 237 g/mol. The van der Waals surface area contributed by atoms with Crippen LogP contribution in [-0.2, 0) is 0 Å². The Labute approximate surface area is 101 Å². The third-order valence-corrected chi connectivity index (χ3v) is 3.14. The molecule has 0 spiro atoms. The Morgan fingerprint density at radius 3 is 2.65 bits per heavy atom. The molecule has 0 aliphatic heterocycles. The molecule has 0 saturated heterocycles. The highest BCUT2D eigenvalue weighted by Gasteiger charge is 2.18. The van der Waals surface area contributed by atoms with E-state index >= 15 is 0 Å². The molecule has 1 rings (SSSR count). The number of nitrogens with one attached hydrogen (secondary N) is 1. The van der Waals surface area contributed by atoms with Gasteiger partial charge in [0.2, 0.25) is 0 Å². The lowest BCUT2D eigenvalue weighted by Gasteiger charge is -2.23. The number of nitro groups is 1. The Bertz CT molecular complexity index is 378. The van der Waals surface area contributed by atoms with Crippen LogP contribution in [0.15, 0.2) is 18.5 Å². The molecular weight excluding hydrogens is 218 g/mol. The molecule has 1 aromatic rings. The van der Waals surface area contributed by atoms with Gasteiger partial charge in [0.05, 0.1) is 4.92 Å². The molecule has 1 aromatic heterocycles. The molecule has 0 radical (unpaired) electrons. The van der Waals surface area contributed by atoms with E-state index in [9.17, 15) is 10.1 Å². The first-order valence-corrected chi connectivity index (χ1v) is 5.95. The van der Waals surface area contributed by atoms with Crippen LogP contribution in [0, 0.1) is 16.0 Å². The van der Waals surface area contributed by atoms with Crippen molar-refractivity contribution in [3.8, 4) is 0 Å². The van der Waals surface area contributed by atoms with E-state index in [1.807, 2.05) is 0 Å². The number of nitrogens with zero attached hydrogens (tertiary/aromatic N) is 2. The lowest BCUT2D eigenvalue weighted by Crippen LogP contribution is -2.25. The van der Waals surface area contributed by atoms with Gasteiger partial charge in [-0.15, -0.1) is 0 Å². The lowest BCUT2D eigenvalue weighted by molar-refractivity contribution is -0.384. The maximum Gasteiger partial charge on any atom is 0.310 e. The molecule has 1 unspecified atom stereocenters. The van der Waals surface area contributed by atoms with Crippen LogP contribution in [0.3, 0.4) is 0 Å². The van der Waals surface area contributed by atoms with Crippen molar-refractivity contribution in [3.63, 3.8) is 0 Å². The highest BCUT2D eigenvalue weighted by Crippen LogP contribution is 2.25. The van der Waals surface area contributed by atoms with E-state index in [2.05, 4.69) is 31.1 Å². The number of hydrogen-bond acceptors (Lipinski definition) is 4. The normalized spacial score (nSPS) is 12.5. The topological polar surface area (TPSA) is 68.1 Å². The van der Waals surface area contributed by atoms with Crippen molar-refractivity contribution >= 4 is 11.4 Å². The molecule has 0 fully saturated rings. The van der Waals surface area contributed by atoms with Gasteiger partial charge in [0, 0.05) is 12.2 Å². The zero-order valence-electron chi connectivity index (χ0n) is 10.5. The highest BCUT2D eigenvalue weighted by atomic mass is 16.6. The molecule has 0 aromatic carbocycles.